The number of primary amides is 1. The van der Waals surface area contributed by atoms with Crippen molar-refractivity contribution in [2.45, 2.75) is 51.4 Å². The molecule has 1 saturated heterocycles. The van der Waals surface area contributed by atoms with Crippen LogP contribution in [0.3, 0.4) is 0 Å². The first-order chi connectivity index (χ1) is 7.70. The van der Waals surface area contributed by atoms with E-state index in [1.807, 2.05) is 4.90 Å². The van der Waals surface area contributed by atoms with Crippen LogP contribution in [0.15, 0.2) is 0 Å². The van der Waals surface area contributed by atoms with Gasteiger partial charge >= 0.3 is 0 Å². The Morgan fingerprint density at radius 2 is 2.00 bits per heavy atom. The largest absolute Gasteiger partial charge is 0.370 e. The maximum absolute atomic E-state index is 11.6. The van der Waals surface area contributed by atoms with Crippen LogP contribution < -0.4 is 5.73 Å². The summed E-state index contributed by atoms with van der Waals surface area (Å²) in [6, 6.07) is 0. The predicted octanol–water partition coefficient (Wildman–Crippen LogP) is 1.43. The minimum absolute atomic E-state index is 0.231. The van der Waals surface area contributed by atoms with Crippen LogP contribution in [0.5, 0.6) is 0 Å². The number of carbonyl (C=O) groups is 2. The standard InChI is InChI=1S/C12H22N2O2/c13-11(15)7-3-1-5-9-14-10-6-2-4-8-12(14)16/h1-10H2,(H2,13,15). The van der Waals surface area contributed by atoms with Crippen LogP contribution in [-0.2, 0) is 9.59 Å². The number of unbranched alkanes of at least 4 members (excludes halogenated alkanes) is 2. The molecule has 0 aromatic heterocycles. The first kappa shape index (κ1) is 13.0. The predicted molar refractivity (Wildman–Crippen MR) is 62.7 cm³/mol. The summed E-state index contributed by atoms with van der Waals surface area (Å²) in [5.41, 5.74) is 5.06. The SMILES string of the molecule is NC(=O)CCCCCN1CCCCCC1=O. The van der Waals surface area contributed by atoms with Crippen LogP contribution in [0.1, 0.15) is 51.4 Å². The van der Waals surface area contributed by atoms with E-state index < -0.39 is 0 Å². The van der Waals surface area contributed by atoms with Gasteiger partial charge in [-0.05, 0) is 25.7 Å². The van der Waals surface area contributed by atoms with Crippen molar-refractivity contribution < 1.29 is 9.59 Å². The molecule has 4 nitrogen and oxygen atoms in total. The zero-order valence-corrected chi connectivity index (χ0v) is 9.91. The molecule has 1 heterocycles. The normalized spacial score (nSPS) is 17.2. The molecule has 1 aliphatic rings. The lowest BCUT2D eigenvalue weighted by molar-refractivity contribution is -0.130. The molecule has 0 spiro atoms. The number of hydrogen-bond acceptors (Lipinski definition) is 2. The molecule has 1 aliphatic heterocycles. The van der Waals surface area contributed by atoms with E-state index in [1.165, 1.54) is 6.42 Å². The van der Waals surface area contributed by atoms with Crippen LogP contribution >= 0.6 is 0 Å². The van der Waals surface area contributed by atoms with Gasteiger partial charge < -0.3 is 10.6 Å². The molecule has 0 aromatic rings. The molecule has 0 bridgehead atoms. The van der Waals surface area contributed by atoms with Gasteiger partial charge in [-0.2, -0.15) is 0 Å². The molecule has 92 valence electrons. The zero-order chi connectivity index (χ0) is 11.8. The van der Waals surface area contributed by atoms with Crippen molar-refractivity contribution in [3.8, 4) is 0 Å². The first-order valence-corrected chi connectivity index (χ1v) is 6.26. The maximum Gasteiger partial charge on any atom is 0.222 e. The number of hydrogen-bond donors (Lipinski definition) is 1. The van der Waals surface area contributed by atoms with Crippen LogP contribution in [-0.4, -0.2) is 29.8 Å². The van der Waals surface area contributed by atoms with Gasteiger partial charge in [0.2, 0.25) is 11.8 Å². The van der Waals surface area contributed by atoms with Gasteiger partial charge in [0.05, 0.1) is 0 Å². The summed E-state index contributed by atoms with van der Waals surface area (Å²) in [4.78, 5) is 24.1. The van der Waals surface area contributed by atoms with Gasteiger partial charge in [-0.3, -0.25) is 9.59 Å². The van der Waals surface area contributed by atoms with Gasteiger partial charge in [0.15, 0.2) is 0 Å². The lowest BCUT2D eigenvalue weighted by atomic mass is 10.2. The minimum Gasteiger partial charge on any atom is -0.370 e. The Bertz CT molecular complexity index is 241. The molecule has 0 aromatic carbocycles. The lowest BCUT2D eigenvalue weighted by Gasteiger charge is -2.20. The van der Waals surface area contributed by atoms with E-state index in [2.05, 4.69) is 0 Å². The Morgan fingerprint density at radius 3 is 2.75 bits per heavy atom. The number of carbonyl (C=O) groups excluding carboxylic acids is 2. The molecule has 2 amide bonds. The molecule has 4 heteroatoms. The molecular formula is C12H22N2O2. The molecular weight excluding hydrogens is 204 g/mol. The van der Waals surface area contributed by atoms with E-state index >= 15 is 0 Å². The summed E-state index contributed by atoms with van der Waals surface area (Å²) < 4.78 is 0. The molecule has 1 rings (SSSR count). The van der Waals surface area contributed by atoms with E-state index in [9.17, 15) is 9.59 Å². The third kappa shape index (κ3) is 5.14. The number of amides is 2. The summed E-state index contributed by atoms with van der Waals surface area (Å²) in [6.45, 7) is 1.76. The molecule has 2 N–H and O–H groups in total. The first-order valence-electron chi connectivity index (χ1n) is 6.26. The van der Waals surface area contributed by atoms with E-state index in [-0.39, 0.29) is 5.91 Å². The highest BCUT2D eigenvalue weighted by Crippen LogP contribution is 2.12. The van der Waals surface area contributed by atoms with Crippen molar-refractivity contribution in [1.82, 2.24) is 4.90 Å². The average molecular weight is 226 g/mol. The topological polar surface area (TPSA) is 63.4 Å². The van der Waals surface area contributed by atoms with Gasteiger partial charge in [-0.25, -0.2) is 0 Å². The Labute approximate surface area is 97.2 Å². The van der Waals surface area contributed by atoms with E-state index in [1.54, 1.807) is 0 Å². The summed E-state index contributed by atoms with van der Waals surface area (Å²) >= 11 is 0. The highest BCUT2D eigenvalue weighted by atomic mass is 16.2. The Hall–Kier alpha value is -1.06. The second-order valence-electron chi connectivity index (χ2n) is 4.47. The molecule has 0 unspecified atom stereocenters. The molecule has 0 saturated carbocycles. The zero-order valence-electron chi connectivity index (χ0n) is 9.91. The van der Waals surface area contributed by atoms with Crippen molar-refractivity contribution >= 4 is 11.8 Å². The summed E-state index contributed by atoms with van der Waals surface area (Å²) in [5.74, 6) is 0.0678. The van der Waals surface area contributed by atoms with Crippen molar-refractivity contribution in [2.75, 3.05) is 13.1 Å². The smallest absolute Gasteiger partial charge is 0.222 e. The minimum atomic E-state index is -0.231. The number of nitrogens with two attached hydrogens (primary N) is 1. The Kier molecular flexibility index (Phi) is 5.90. The monoisotopic (exact) mass is 226 g/mol. The summed E-state index contributed by atoms with van der Waals surface area (Å²) in [7, 11) is 0. The van der Waals surface area contributed by atoms with Gasteiger partial charge in [0.25, 0.3) is 0 Å². The summed E-state index contributed by atoms with van der Waals surface area (Å²) in [6.07, 6.45) is 7.33. The van der Waals surface area contributed by atoms with Gasteiger partial charge in [0.1, 0.15) is 0 Å². The number of nitrogens with zero attached hydrogens (tertiary/aromatic N) is 1. The Balaban J connectivity index is 2.10. The second kappa shape index (κ2) is 7.25. The van der Waals surface area contributed by atoms with E-state index in [0.717, 1.165) is 45.2 Å². The fourth-order valence-corrected chi connectivity index (χ4v) is 2.05. The Morgan fingerprint density at radius 1 is 1.19 bits per heavy atom. The fourth-order valence-electron chi connectivity index (χ4n) is 2.05. The maximum atomic E-state index is 11.6. The van der Waals surface area contributed by atoms with Crippen LogP contribution in [0.25, 0.3) is 0 Å². The fraction of sp³-hybridized carbons (Fsp3) is 0.833. The highest BCUT2D eigenvalue weighted by Gasteiger charge is 2.15. The van der Waals surface area contributed by atoms with Crippen molar-refractivity contribution in [1.29, 1.82) is 0 Å². The third-order valence-corrected chi connectivity index (χ3v) is 3.02. The van der Waals surface area contributed by atoms with Crippen molar-refractivity contribution in [3.63, 3.8) is 0 Å². The molecule has 0 radical (unpaired) electrons. The average Bonchev–Trinajstić information content (AvgIpc) is 2.43. The van der Waals surface area contributed by atoms with E-state index in [0.29, 0.717) is 18.7 Å². The number of rotatable bonds is 6. The molecule has 0 aliphatic carbocycles. The molecule has 16 heavy (non-hydrogen) atoms. The van der Waals surface area contributed by atoms with Gasteiger partial charge in [-0.1, -0.05) is 12.8 Å². The van der Waals surface area contributed by atoms with Crippen LogP contribution in [0.4, 0.5) is 0 Å². The lowest BCUT2D eigenvalue weighted by Crippen LogP contribution is -2.31. The third-order valence-electron chi connectivity index (χ3n) is 3.02. The van der Waals surface area contributed by atoms with Crippen LogP contribution in [0, 0.1) is 0 Å². The highest BCUT2D eigenvalue weighted by molar-refractivity contribution is 5.76. The van der Waals surface area contributed by atoms with Crippen molar-refractivity contribution in [2.24, 2.45) is 5.73 Å². The molecule has 1 fully saturated rings. The van der Waals surface area contributed by atoms with Gasteiger partial charge in [0, 0.05) is 25.9 Å². The van der Waals surface area contributed by atoms with E-state index in [4.69, 9.17) is 5.73 Å². The van der Waals surface area contributed by atoms with Crippen molar-refractivity contribution in [3.05, 3.63) is 0 Å². The van der Waals surface area contributed by atoms with Gasteiger partial charge in [-0.15, -0.1) is 0 Å². The quantitative estimate of drug-likeness (QED) is 0.696. The number of likely N-dealkylation sites (tertiary alicyclic amines) is 1. The second-order valence-corrected chi connectivity index (χ2v) is 4.47. The summed E-state index contributed by atoms with van der Waals surface area (Å²) in [5, 5.41) is 0. The van der Waals surface area contributed by atoms with Crippen LogP contribution in [0.2, 0.25) is 0 Å². The molecule has 0 atom stereocenters.